The number of methoxy groups -OCH3 is 2. The molecule has 0 spiro atoms. The summed E-state index contributed by atoms with van der Waals surface area (Å²) in [7, 11) is 3.32. The van der Waals surface area contributed by atoms with Gasteiger partial charge in [0.2, 0.25) is 12.8 Å². The van der Waals surface area contributed by atoms with Gasteiger partial charge in [-0.1, -0.05) is 30.3 Å². The largest absolute Gasteiger partial charge is 0.497 e. The van der Waals surface area contributed by atoms with Crippen molar-refractivity contribution in [3.05, 3.63) is 82.9 Å². The van der Waals surface area contributed by atoms with E-state index in [-0.39, 0.29) is 25.2 Å². The van der Waals surface area contributed by atoms with Crippen LogP contribution in [0.15, 0.2) is 65.7 Å². The highest BCUT2D eigenvalue weighted by Gasteiger charge is 2.33. The number of rotatable bonds is 6. The highest BCUT2D eigenvalue weighted by atomic mass is 35.5. The molecule has 0 aliphatic carbocycles. The van der Waals surface area contributed by atoms with Gasteiger partial charge in [0.05, 0.1) is 26.8 Å². The van der Waals surface area contributed by atoms with Crippen LogP contribution in [0, 0.1) is 11.5 Å². The maximum atomic E-state index is 9.57. The topological polar surface area (TPSA) is 88.3 Å². The number of nitrogens with zero attached hydrogens (tertiary/aromatic N) is 3. The van der Waals surface area contributed by atoms with Crippen LogP contribution in [0.3, 0.4) is 0 Å². The first-order valence-electron chi connectivity index (χ1n) is 11.8. The van der Waals surface area contributed by atoms with Crippen molar-refractivity contribution in [3.8, 4) is 29.2 Å². The van der Waals surface area contributed by atoms with Crippen molar-refractivity contribution in [1.82, 2.24) is 10.2 Å². The van der Waals surface area contributed by atoms with Gasteiger partial charge in [-0.15, -0.1) is 12.4 Å². The summed E-state index contributed by atoms with van der Waals surface area (Å²) in [6, 6.07) is 19.8. The van der Waals surface area contributed by atoms with Crippen molar-refractivity contribution in [3.63, 3.8) is 0 Å². The second kappa shape index (κ2) is 11.8. The van der Waals surface area contributed by atoms with Gasteiger partial charge in [0, 0.05) is 18.5 Å². The summed E-state index contributed by atoms with van der Waals surface area (Å²) in [4.78, 5) is 6.98. The Morgan fingerprint density at radius 3 is 2.59 bits per heavy atom. The number of ether oxygens (including phenoxy) is 4. The second-order valence-corrected chi connectivity index (χ2v) is 8.61. The molecular weight excluding hydrogens is 492 g/mol. The summed E-state index contributed by atoms with van der Waals surface area (Å²) >= 11 is 0. The zero-order chi connectivity index (χ0) is 24.9. The number of hydrogen-bond donors (Lipinski definition) is 1. The molecule has 9 heteroatoms. The normalized spacial score (nSPS) is 15.8. The van der Waals surface area contributed by atoms with Crippen molar-refractivity contribution in [2.75, 3.05) is 27.6 Å². The molecule has 2 heterocycles. The zero-order valence-electron chi connectivity index (χ0n) is 20.8. The summed E-state index contributed by atoms with van der Waals surface area (Å²) in [5.74, 6) is 3.57. The molecule has 2 aliphatic rings. The van der Waals surface area contributed by atoms with E-state index >= 15 is 0 Å². The molecule has 2 aliphatic heterocycles. The van der Waals surface area contributed by atoms with Gasteiger partial charge >= 0.3 is 0 Å². The molecule has 37 heavy (non-hydrogen) atoms. The van der Waals surface area contributed by atoms with Gasteiger partial charge in [0.1, 0.15) is 11.5 Å². The quantitative estimate of drug-likeness (QED) is 0.219. The van der Waals surface area contributed by atoms with Crippen LogP contribution in [0.2, 0.25) is 0 Å². The highest BCUT2D eigenvalue weighted by molar-refractivity contribution is 5.85. The Kier molecular flexibility index (Phi) is 8.26. The molecule has 0 radical (unpaired) electrons. The van der Waals surface area contributed by atoms with Crippen molar-refractivity contribution >= 4 is 18.4 Å². The molecular formula is C28H29ClN4O4. The van der Waals surface area contributed by atoms with Crippen LogP contribution in [0.4, 0.5) is 0 Å². The van der Waals surface area contributed by atoms with Crippen molar-refractivity contribution in [2.24, 2.45) is 4.99 Å². The van der Waals surface area contributed by atoms with E-state index in [1.807, 2.05) is 48.5 Å². The van der Waals surface area contributed by atoms with Gasteiger partial charge < -0.3 is 23.8 Å². The SMILES string of the molecule is COc1ccc(OC)c(CC2c3cc4c(cc3CCN2C(=NCc2ccccc2)NC#N)OCO4)c1.Cl. The predicted octanol–water partition coefficient (Wildman–Crippen LogP) is 4.62. The fourth-order valence-corrected chi connectivity index (χ4v) is 4.82. The van der Waals surface area contributed by atoms with E-state index in [9.17, 15) is 5.26 Å². The lowest BCUT2D eigenvalue weighted by Gasteiger charge is -2.39. The lowest BCUT2D eigenvalue weighted by atomic mass is 9.88. The average Bonchev–Trinajstić information content (AvgIpc) is 3.38. The summed E-state index contributed by atoms with van der Waals surface area (Å²) in [6.07, 6.45) is 3.48. The molecule has 0 fully saturated rings. The lowest BCUT2D eigenvalue weighted by molar-refractivity contribution is 0.174. The monoisotopic (exact) mass is 520 g/mol. The molecule has 0 amide bonds. The molecule has 5 rings (SSSR count). The third kappa shape index (κ3) is 5.52. The minimum Gasteiger partial charge on any atom is -0.497 e. The molecule has 1 N–H and O–H groups in total. The zero-order valence-corrected chi connectivity index (χ0v) is 21.6. The molecule has 0 aromatic heterocycles. The molecule has 0 bridgehead atoms. The highest BCUT2D eigenvalue weighted by Crippen LogP contribution is 2.42. The number of fused-ring (bicyclic) bond motifs is 2. The van der Waals surface area contributed by atoms with Crippen molar-refractivity contribution < 1.29 is 18.9 Å². The first-order chi connectivity index (χ1) is 17.7. The first-order valence-corrected chi connectivity index (χ1v) is 11.8. The molecule has 0 saturated carbocycles. The van der Waals surface area contributed by atoms with Crippen LogP contribution in [-0.2, 0) is 19.4 Å². The van der Waals surface area contributed by atoms with Crippen LogP contribution in [-0.4, -0.2) is 38.4 Å². The van der Waals surface area contributed by atoms with Gasteiger partial charge in [-0.25, -0.2) is 4.99 Å². The van der Waals surface area contributed by atoms with E-state index in [1.165, 1.54) is 5.56 Å². The van der Waals surface area contributed by atoms with E-state index in [0.29, 0.717) is 25.5 Å². The third-order valence-corrected chi connectivity index (χ3v) is 6.59. The first kappa shape index (κ1) is 26.0. The number of benzene rings is 3. The van der Waals surface area contributed by atoms with Crippen LogP contribution in [0.1, 0.15) is 28.3 Å². The number of nitriles is 1. The summed E-state index contributed by atoms with van der Waals surface area (Å²) in [5, 5.41) is 12.4. The maximum absolute atomic E-state index is 9.57. The van der Waals surface area contributed by atoms with Crippen molar-refractivity contribution in [1.29, 1.82) is 5.26 Å². The second-order valence-electron chi connectivity index (χ2n) is 8.61. The number of hydrogen-bond acceptors (Lipinski definition) is 6. The van der Waals surface area contributed by atoms with Crippen LogP contribution in [0.25, 0.3) is 0 Å². The average molecular weight is 521 g/mol. The van der Waals surface area contributed by atoms with Gasteiger partial charge in [0.15, 0.2) is 17.7 Å². The molecule has 1 unspecified atom stereocenters. The number of aliphatic imine (C=N–C) groups is 1. The number of halogens is 1. The minimum atomic E-state index is -0.125. The number of guanidine groups is 1. The molecule has 192 valence electrons. The predicted molar refractivity (Wildman–Crippen MR) is 143 cm³/mol. The molecule has 3 aromatic carbocycles. The summed E-state index contributed by atoms with van der Waals surface area (Å²) < 4.78 is 22.5. The number of nitrogens with one attached hydrogen (secondary N) is 1. The van der Waals surface area contributed by atoms with E-state index < -0.39 is 0 Å². The van der Waals surface area contributed by atoms with Gasteiger partial charge in [-0.2, -0.15) is 5.26 Å². The fourth-order valence-electron chi connectivity index (χ4n) is 4.82. The molecule has 1 atom stereocenters. The van der Waals surface area contributed by atoms with Crippen molar-refractivity contribution in [2.45, 2.75) is 25.4 Å². The molecule has 3 aromatic rings. The van der Waals surface area contributed by atoms with Crippen LogP contribution in [0.5, 0.6) is 23.0 Å². The Morgan fingerprint density at radius 1 is 1.08 bits per heavy atom. The Balaban J connectivity index is 0.00000320. The Hall–Kier alpha value is -4.09. The van der Waals surface area contributed by atoms with Gasteiger partial charge in [-0.05, 0) is 53.4 Å². The Labute approximate surface area is 222 Å². The molecule has 8 nitrogen and oxygen atoms in total. The van der Waals surface area contributed by atoms with Gasteiger partial charge in [0.25, 0.3) is 0 Å². The van der Waals surface area contributed by atoms with E-state index in [1.54, 1.807) is 14.2 Å². The minimum absolute atomic E-state index is 0. The lowest BCUT2D eigenvalue weighted by Crippen LogP contribution is -2.46. The Morgan fingerprint density at radius 2 is 1.86 bits per heavy atom. The van der Waals surface area contributed by atoms with E-state index in [4.69, 9.17) is 23.9 Å². The standard InChI is InChI=1S/C28H28N4O4.ClH/c1-33-22-8-9-25(34-2)21(12-22)13-24-23-15-27-26(35-18-36-27)14-20(23)10-11-32(24)28(31-17-29)30-16-19-6-4-3-5-7-19;/h3-9,12,14-15,24H,10-11,13,16,18H2,1-2H3,(H,30,31);1H. The maximum Gasteiger partial charge on any atom is 0.231 e. The van der Waals surface area contributed by atoms with E-state index in [2.05, 4.69) is 28.5 Å². The summed E-state index contributed by atoms with van der Waals surface area (Å²) in [5.41, 5.74) is 4.38. The third-order valence-electron chi connectivity index (χ3n) is 6.59. The summed E-state index contributed by atoms with van der Waals surface area (Å²) in [6.45, 7) is 1.37. The van der Waals surface area contributed by atoms with Crippen LogP contribution < -0.4 is 24.3 Å². The smallest absolute Gasteiger partial charge is 0.231 e. The molecule has 0 saturated heterocycles. The van der Waals surface area contributed by atoms with E-state index in [0.717, 1.165) is 46.1 Å². The fraction of sp³-hybridized carbons (Fsp3) is 0.286. The van der Waals surface area contributed by atoms with Crippen LogP contribution >= 0.6 is 12.4 Å². The van der Waals surface area contributed by atoms with Gasteiger partial charge in [-0.3, -0.25) is 5.32 Å². The Bertz CT molecular complexity index is 1310.